The number of alkyl halides is 1. The summed E-state index contributed by atoms with van der Waals surface area (Å²) in [7, 11) is 2.00. The summed E-state index contributed by atoms with van der Waals surface area (Å²) in [4.78, 5) is 9.97. The Labute approximate surface area is 44.3 Å². The van der Waals surface area contributed by atoms with Crippen LogP contribution in [-0.2, 0) is 4.79 Å². The van der Waals surface area contributed by atoms with E-state index in [9.17, 15) is 4.79 Å². The molecule has 3 heteroatoms. The summed E-state index contributed by atoms with van der Waals surface area (Å²) in [5.41, 5.74) is -0.0586. The summed E-state index contributed by atoms with van der Waals surface area (Å²) in [6.45, 7) is 1.64. The first-order valence-electron chi connectivity index (χ1n) is 1.58. The van der Waals surface area contributed by atoms with Crippen LogP contribution in [0, 0.1) is 0 Å². The van der Waals surface area contributed by atoms with E-state index in [4.69, 9.17) is 11.6 Å². The van der Waals surface area contributed by atoms with E-state index < -0.39 is 0 Å². The van der Waals surface area contributed by atoms with E-state index >= 15 is 0 Å². The molecule has 0 saturated carbocycles. The summed E-state index contributed by atoms with van der Waals surface area (Å²) in [6, 6.07) is 0. The Kier molecular flexibility index (Phi) is 2.71. The molecule has 36 valence electrons. The maximum Gasteiger partial charge on any atom is 0.165 e. The molecule has 0 aliphatic heterocycles. The van der Waals surface area contributed by atoms with E-state index in [-0.39, 0.29) is 10.9 Å². The summed E-state index contributed by atoms with van der Waals surface area (Å²) >= 11 is 5.24. The predicted octanol–water partition coefficient (Wildman–Crippen LogP) is 1.02. The standard InChI is InChI=1S/C3H6ClOP/c1-2(4)3(5)6/h2H,6H2,1H3. The molecule has 1 nitrogen and oxygen atoms in total. The SMILES string of the molecule is CC(Cl)C(=O)P. The van der Waals surface area contributed by atoms with Gasteiger partial charge in [0, 0.05) is 0 Å². The lowest BCUT2D eigenvalue weighted by Crippen LogP contribution is -1.98. The Morgan fingerprint density at radius 1 is 2.00 bits per heavy atom. The number of carbonyl (C=O) groups is 1. The van der Waals surface area contributed by atoms with Crippen molar-refractivity contribution >= 4 is 26.4 Å². The molecule has 0 amide bonds. The topological polar surface area (TPSA) is 17.1 Å². The lowest BCUT2D eigenvalue weighted by molar-refractivity contribution is -0.110. The van der Waals surface area contributed by atoms with Gasteiger partial charge in [0.2, 0.25) is 0 Å². The molecule has 0 aromatic carbocycles. The molecule has 6 heavy (non-hydrogen) atoms. The highest BCUT2D eigenvalue weighted by Gasteiger charge is 1.98. The van der Waals surface area contributed by atoms with Gasteiger partial charge in [-0.1, -0.05) is 9.24 Å². The Bertz CT molecular complexity index is 61.8. The molecule has 0 spiro atoms. The van der Waals surface area contributed by atoms with Crippen LogP contribution in [0.2, 0.25) is 0 Å². The fourth-order valence-electron chi connectivity index (χ4n) is 0. The second-order valence-corrected chi connectivity index (χ2v) is 2.24. The van der Waals surface area contributed by atoms with Gasteiger partial charge >= 0.3 is 0 Å². The normalized spacial score (nSPS) is 13.8. The molecule has 0 radical (unpaired) electrons. The lowest BCUT2D eigenvalue weighted by atomic mass is 10.5. The molecule has 0 rings (SSSR count). The van der Waals surface area contributed by atoms with Gasteiger partial charge in [0.25, 0.3) is 0 Å². The number of halogens is 1. The summed E-state index contributed by atoms with van der Waals surface area (Å²) in [6.07, 6.45) is 0. The third kappa shape index (κ3) is 2.62. The van der Waals surface area contributed by atoms with Crippen LogP contribution in [0.3, 0.4) is 0 Å². The summed E-state index contributed by atoms with van der Waals surface area (Å²) < 4.78 is 0. The van der Waals surface area contributed by atoms with E-state index in [2.05, 4.69) is 0 Å². The van der Waals surface area contributed by atoms with Crippen molar-refractivity contribution in [3.63, 3.8) is 0 Å². The fraction of sp³-hybridized carbons (Fsp3) is 0.667. The molecule has 0 bridgehead atoms. The van der Waals surface area contributed by atoms with Gasteiger partial charge in [0.15, 0.2) is 5.52 Å². The minimum atomic E-state index is -0.352. The summed E-state index contributed by atoms with van der Waals surface area (Å²) in [5.74, 6) is 0. The highest BCUT2D eigenvalue weighted by molar-refractivity contribution is 7.40. The van der Waals surface area contributed by atoms with E-state index in [1.165, 1.54) is 0 Å². The van der Waals surface area contributed by atoms with Gasteiger partial charge in [0.05, 0.1) is 5.38 Å². The van der Waals surface area contributed by atoms with Crippen molar-refractivity contribution in [2.45, 2.75) is 12.3 Å². The average Bonchev–Trinajstić information content (AvgIpc) is 1.36. The molecule has 2 unspecified atom stereocenters. The van der Waals surface area contributed by atoms with Gasteiger partial charge in [-0.25, -0.2) is 0 Å². The second kappa shape index (κ2) is 2.54. The maximum atomic E-state index is 9.97. The van der Waals surface area contributed by atoms with E-state index in [1.54, 1.807) is 6.92 Å². The number of rotatable bonds is 1. The molecular weight excluding hydrogens is 118 g/mol. The van der Waals surface area contributed by atoms with E-state index in [0.717, 1.165) is 0 Å². The average molecular weight is 125 g/mol. The number of hydrogen-bond acceptors (Lipinski definition) is 1. The largest absolute Gasteiger partial charge is 0.294 e. The Morgan fingerprint density at radius 2 is 2.17 bits per heavy atom. The quantitative estimate of drug-likeness (QED) is 0.377. The maximum absolute atomic E-state index is 9.97. The molecule has 0 aliphatic rings. The van der Waals surface area contributed by atoms with Crippen LogP contribution in [0.1, 0.15) is 6.92 Å². The van der Waals surface area contributed by atoms with Crippen molar-refractivity contribution < 1.29 is 4.79 Å². The summed E-state index contributed by atoms with van der Waals surface area (Å²) in [5, 5.41) is -0.352. The van der Waals surface area contributed by atoms with Crippen LogP contribution in [0.5, 0.6) is 0 Å². The van der Waals surface area contributed by atoms with Crippen molar-refractivity contribution in [2.75, 3.05) is 0 Å². The zero-order valence-electron chi connectivity index (χ0n) is 3.44. The first kappa shape index (κ1) is 6.39. The molecule has 2 atom stereocenters. The van der Waals surface area contributed by atoms with Crippen LogP contribution in [0.15, 0.2) is 0 Å². The van der Waals surface area contributed by atoms with Crippen LogP contribution in [0.4, 0.5) is 0 Å². The van der Waals surface area contributed by atoms with Crippen molar-refractivity contribution in [2.24, 2.45) is 0 Å². The van der Waals surface area contributed by atoms with Gasteiger partial charge in [-0.2, -0.15) is 0 Å². The third-order valence-electron chi connectivity index (χ3n) is 0.392. The van der Waals surface area contributed by atoms with Crippen LogP contribution in [0.25, 0.3) is 0 Å². The zero-order valence-corrected chi connectivity index (χ0v) is 5.35. The molecule has 0 heterocycles. The molecule has 0 saturated heterocycles. The molecule has 0 aromatic rings. The van der Waals surface area contributed by atoms with Gasteiger partial charge < -0.3 is 0 Å². The lowest BCUT2D eigenvalue weighted by Gasteiger charge is -1.87. The third-order valence-corrected chi connectivity index (χ3v) is 1.32. The number of hydrogen-bond donors (Lipinski definition) is 0. The van der Waals surface area contributed by atoms with Gasteiger partial charge in [-0.3, -0.25) is 4.79 Å². The number of carbonyl (C=O) groups excluding carboxylic acids is 1. The predicted molar refractivity (Wildman–Crippen MR) is 30.0 cm³/mol. The van der Waals surface area contributed by atoms with E-state index in [1.807, 2.05) is 9.24 Å². The van der Waals surface area contributed by atoms with Gasteiger partial charge in [0.1, 0.15) is 0 Å². The van der Waals surface area contributed by atoms with Crippen LogP contribution < -0.4 is 0 Å². The zero-order chi connectivity index (χ0) is 5.15. The molecular formula is C3H6ClOP. The Morgan fingerprint density at radius 3 is 2.17 bits per heavy atom. The van der Waals surface area contributed by atoms with Crippen LogP contribution >= 0.6 is 20.8 Å². The van der Waals surface area contributed by atoms with Crippen molar-refractivity contribution in [1.29, 1.82) is 0 Å². The van der Waals surface area contributed by atoms with Gasteiger partial charge in [-0.05, 0) is 6.92 Å². The van der Waals surface area contributed by atoms with Crippen molar-refractivity contribution in [3.05, 3.63) is 0 Å². The monoisotopic (exact) mass is 124 g/mol. The smallest absolute Gasteiger partial charge is 0.165 e. The molecule has 0 N–H and O–H groups in total. The van der Waals surface area contributed by atoms with Crippen molar-refractivity contribution in [1.82, 2.24) is 0 Å². The first-order valence-corrected chi connectivity index (χ1v) is 2.59. The Hall–Kier alpha value is 0.390. The first-order chi connectivity index (χ1) is 2.64. The minimum Gasteiger partial charge on any atom is -0.294 e. The minimum absolute atomic E-state index is 0.0586. The molecule has 0 aromatic heterocycles. The fourth-order valence-corrected chi connectivity index (χ4v) is 0. The second-order valence-electron chi connectivity index (χ2n) is 1.02. The highest BCUT2D eigenvalue weighted by Crippen LogP contribution is 1.99. The van der Waals surface area contributed by atoms with E-state index in [0.29, 0.717) is 0 Å². The molecule has 0 aliphatic carbocycles. The van der Waals surface area contributed by atoms with Gasteiger partial charge in [-0.15, -0.1) is 11.6 Å². The molecule has 0 fully saturated rings. The Balaban J connectivity index is 3.26. The van der Waals surface area contributed by atoms with Crippen LogP contribution in [-0.4, -0.2) is 10.9 Å². The van der Waals surface area contributed by atoms with Crippen molar-refractivity contribution in [3.8, 4) is 0 Å². The highest BCUT2D eigenvalue weighted by atomic mass is 35.5.